The summed E-state index contributed by atoms with van der Waals surface area (Å²) in [6, 6.07) is 6.89. The summed E-state index contributed by atoms with van der Waals surface area (Å²) in [6.45, 7) is 6.12. The van der Waals surface area contributed by atoms with E-state index in [1.165, 1.54) is 57.4 Å². The first-order chi connectivity index (χ1) is 12.3. The molecule has 0 atom stereocenters. The van der Waals surface area contributed by atoms with E-state index in [0.29, 0.717) is 18.0 Å². The Balaban J connectivity index is 0.00000141. The standard InChI is InChI=1S/C18H30O3S.C3H9N/c1-2-3-4-5-6-7-8-9-10-11-14-17-15-12-13-16-18(17)22(19,20)21;1-3(2)4/h12-13,15-16H,2-11,14H2,1H3,(H,19,20,21);3H,4H2,1-2H3/p-1. The quantitative estimate of drug-likeness (QED) is 0.386. The van der Waals surface area contributed by atoms with E-state index in [9.17, 15) is 13.0 Å². The first kappa shape index (κ1) is 25.1. The Hall–Kier alpha value is -0.910. The summed E-state index contributed by atoms with van der Waals surface area (Å²) in [5, 5.41) is 0. The first-order valence-corrected chi connectivity index (χ1v) is 11.5. The van der Waals surface area contributed by atoms with Gasteiger partial charge < -0.3 is 10.3 Å². The van der Waals surface area contributed by atoms with Gasteiger partial charge in [0, 0.05) is 0 Å². The highest BCUT2D eigenvalue weighted by atomic mass is 32.2. The van der Waals surface area contributed by atoms with E-state index in [-0.39, 0.29) is 4.90 Å². The molecule has 0 fully saturated rings. The number of rotatable bonds is 12. The van der Waals surface area contributed by atoms with E-state index < -0.39 is 10.1 Å². The van der Waals surface area contributed by atoms with Gasteiger partial charge in [0.2, 0.25) is 0 Å². The maximum atomic E-state index is 11.2. The van der Waals surface area contributed by atoms with Crippen LogP contribution in [0.3, 0.4) is 0 Å². The molecule has 0 aliphatic heterocycles. The summed E-state index contributed by atoms with van der Waals surface area (Å²) in [7, 11) is -4.35. The highest BCUT2D eigenvalue weighted by Crippen LogP contribution is 2.18. The number of hydrogen-bond donors (Lipinski definition) is 1. The van der Waals surface area contributed by atoms with Crippen LogP contribution in [0.15, 0.2) is 29.2 Å². The molecule has 1 rings (SSSR count). The second-order valence-corrected chi connectivity index (χ2v) is 8.59. The van der Waals surface area contributed by atoms with Gasteiger partial charge in [-0.05, 0) is 30.5 Å². The van der Waals surface area contributed by atoms with Crippen LogP contribution in [0.2, 0.25) is 0 Å². The van der Waals surface area contributed by atoms with Gasteiger partial charge >= 0.3 is 0 Å². The molecule has 152 valence electrons. The lowest BCUT2D eigenvalue weighted by atomic mass is 10.0. The molecule has 0 aromatic heterocycles. The highest BCUT2D eigenvalue weighted by molar-refractivity contribution is 7.85. The lowest BCUT2D eigenvalue weighted by molar-refractivity contribution is 0.461. The van der Waals surface area contributed by atoms with Gasteiger partial charge in [0.05, 0.1) is 4.90 Å². The second-order valence-electron chi connectivity index (χ2n) is 7.24. The van der Waals surface area contributed by atoms with E-state index in [4.69, 9.17) is 5.73 Å². The molecule has 0 aliphatic rings. The zero-order chi connectivity index (χ0) is 19.8. The molecule has 26 heavy (non-hydrogen) atoms. The van der Waals surface area contributed by atoms with Crippen LogP contribution in [0, 0.1) is 0 Å². The molecule has 4 nitrogen and oxygen atoms in total. The van der Waals surface area contributed by atoms with E-state index in [2.05, 4.69) is 6.92 Å². The third kappa shape index (κ3) is 14.3. The van der Waals surface area contributed by atoms with Gasteiger partial charge in [0.15, 0.2) is 0 Å². The maximum absolute atomic E-state index is 11.2. The van der Waals surface area contributed by atoms with Crippen LogP contribution in [0.25, 0.3) is 0 Å². The summed E-state index contributed by atoms with van der Waals surface area (Å²) < 4.78 is 33.5. The molecular weight excluding hydrogens is 346 g/mol. The van der Waals surface area contributed by atoms with Crippen LogP contribution in [0.4, 0.5) is 0 Å². The van der Waals surface area contributed by atoms with Crippen molar-refractivity contribution in [1.82, 2.24) is 0 Å². The largest absolute Gasteiger partial charge is 0.744 e. The van der Waals surface area contributed by atoms with Gasteiger partial charge in [0.1, 0.15) is 10.1 Å². The fourth-order valence-electron chi connectivity index (χ4n) is 2.76. The molecule has 0 radical (unpaired) electrons. The van der Waals surface area contributed by atoms with Crippen molar-refractivity contribution in [3.05, 3.63) is 29.8 Å². The third-order valence-electron chi connectivity index (χ3n) is 4.04. The average molecular weight is 385 g/mol. The summed E-state index contributed by atoms with van der Waals surface area (Å²) in [5.74, 6) is 0. The van der Waals surface area contributed by atoms with Crippen LogP contribution in [-0.2, 0) is 16.5 Å². The van der Waals surface area contributed by atoms with Gasteiger partial charge in [-0.2, -0.15) is 0 Å². The Morgan fingerprint density at radius 3 is 1.77 bits per heavy atom. The van der Waals surface area contributed by atoms with Crippen LogP contribution in [-0.4, -0.2) is 19.0 Å². The van der Waals surface area contributed by atoms with Crippen molar-refractivity contribution in [2.24, 2.45) is 5.73 Å². The van der Waals surface area contributed by atoms with E-state index >= 15 is 0 Å². The van der Waals surface area contributed by atoms with Gasteiger partial charge in [-0.1, -0.05) is 96.8 Å². The molecule has 0 spiro atoms. The molecule has 1 aromatic rings. The van der Waals surface area contributed by atoms with Gasteiger partial charge in [-0.3, -0.25) is 0 Å². The SMILES string of the molecule is CC(C)N.CCCCCCCCCCCCc1ccccc1S(=O)(=O)[O-]. The van der Waals surface area contributed by atoms with Crippen molar-refractivity contribution >= 4 is 10.1 Å². The molecule has 5 heteroatoms. The van der Waals surface area contributed by atoms with E-state index in [0.717, 1.165) is 12.8 Å². The Morgan fingerprint density at radius 1 is 0.885 bits per heavy atom. The molecule has 0 aliphatic carbocycles. The summed E-state index contributed by atoms with van der Waals surface area (Å²) in [4.78, 5) is -0.0501. The van der Waals surface area contributed by atoms with Crippen molar-refractivity contribution < 1.29 is 13.0 Å². The lowest BCUT2D eigenvalue weighted by Gasteiger charge is -2.12. The minimum absolute atomic E-state index is 0.0501. The number of nitrogens with two attached hydrogens (primary N) is 1. The van der Waals surface area contributed by atoms with Crippen LogP contribution in [0.1, 0.15) is 90.5 Å². The minimum atomic E-state index is -4.35. The molecule has 1 aromatic carbocycles. The molecular formula is C21H38NO3S-. The molecule has 0 saturated heterocycles. The minimum Gasteiger partial charge on any atom is -0.744 e. The van der Waals surface area contributed by atoms with Gasteiger partial charge in [-0.25, -0.2) is 8.42 Å². The third-order valence-corrected chi connectivity index (χ3v) is 4.98. The Morgan fingerprint density at radius 2 is 1.31 bits per heavy atom. The number of benzene rings is 1. The Kier molecular flexibility index (Phi) is 14.6. The lowest BCUT2D eigenvalue weighted by Crippen LogP contribution is -2.06. The molecule has 0 heterocycles. The van der Waals surface area contributed by atoms with Crippen molar-refractivity contribution in [1.29, 1.82) is 0 Å². The van der Waals surface area contributed by atoms with Gasteiger partial charge in [-0.15, -0.1) is 0 Å². The molecule has 2 N–H and O–H groups in total. The highest BCUT2D eigenvalue weighted by Gasteiger charge is 2.07. The smallest absolute Gasteiger partial charge is 0.124 e. The summed E-state index contributed by atoms with van der Waals surface area (Å²) in [5.41, 5.74) is 5.78. The maximum Gasteiger partial charge on any atom is 0.124 e. The normalized spacial score (nSPS) is 11.3. The van der Waals surface area contributed by atoms with Crippen molar-refractivity contribution in [3.8, 4) is 0 Å². The average Bonchev–Trinajstić information content (AvgIpc) is 2.55. The van der Waals surface area contributed by atoms with E-state index in [1.54, 1.807) is 18.2 Å². The monoisotopic (exact) mass is 384 g/mol. The molecule has 0 unspecified atom stereocenters. The van der Waals surface area contributed by atoms with Crippen LogP contribution < -0.4 is 5.73 Å². The Bertz CT molecular complexity index is 553. The van der Waals surface area contributed by atoms with Crippen molar-refractivity contribution in [2.75, 3.05) is 0 Å². The first-order valence-electron chi connectivity index (χ1n) is 10.1. The number of hydrogen-bond acceptors (Lipinski definition) is 4. The molecule has 0 amide bonds. The summed E-state index contributed by atoms with van der Waals surface area (Å²) in [6.07, 6.45) is 13.2. The topological polar surface area (TPSA) is 83.2 Å². The fraction of sp³-hybridized carbons (Fsp3) is 0.714. The zero-order valence-electron chi connectivity index (χ0n) is 16.9. The second kappa shape index (κ2) is 15.2. The van der Waals surface area contributed by atoms with Crippen molar-refractivity contribution in [2.45, 2.75) is 102 Å². The van der Waals surface area contributed by atoms with Gasteiger partial charge in [0.25, 0.3) is 0 Å². The van der Waals surface area contributed by atoms with Crippen LogP contribution >= 0.6 is 0 Å². The summed E-state index contributed by atoms with van der Waals surface area (Å²) >= 11 is 0. The van der Waals surface area contributed by atoms with Crippen LogP contribution in [0.5, 0.6) is 0 Å². The number of unbranched alkanes of at least 4 members (excludes halogenated alkanes) is 9. The fourth-order valence-corrected chi connectivity index (χ4v) is 3.49. The molecule has 0 bridgehead atoms. The number of aryl methyl sites for hydroxylation is 1. The predicted molar refractivity (Wildman–Crippen MR) is 109 cm³/mol. The zero-order valence-corrected chi connectivity index (χ0v) is 17.7. The van der Waals surface area contributed by atoms with E-state index in [1.807, 2.05) is 13.8 Å². The van der Waals surface area contributed by atoms with Crippen molar-refractivity contribution in [3.63, 3.8) is 0 Å². The molecule has 0 saturated carbocycles. The predicted octanol–water partition coefficient (Wildman–Crippen LogP) is 5.41. The Labute approximate surface area is 161 Å².